The van der Waals surface area contributed by atoms with E-state index in [1.807, 2.05) is 0 Å². The van der Waals surface area contributed by atoms with Crippen LogP contribution in [0.3, 0.4) is 0 Å². The van der Waals surface area contributed by atoms with Crippen LogP contribution in [0.4, 0.5) is 5.69 Å². The molecular weight excluding hydrogens is 280 g/mol. The maximum Gasteiger partial charge on any atom is 0.346 e. The van der Waals surface area contributed by atoms with Crippen LogP contribution in [0, 0.1) is 24.0 Å². The summed E-state index contributed by atoms with van der Waals surface area (Å²) in [7, 11) is 0. The van der Waals surface area contributed by atoms with Crippen LogP contribution in [-0.4, -0.2) is 21.2 Å². The van der Waals surface area contributed by atoms with Crippen LogP contribution in [0.2, 0.25) is 0 Å². The third kappa shape index (κ3) is 2.83. The molecule has 8 nitrogen and oxygen atoms in total. The predicted octanol–water partition coefficient (Wildman–Crippen LogP) is 2.48. The largest absolute Gasteiger partial charge is 0.488 e. The first-order valence-electron chi connectivity index (χ1n) is 5.97. The molecule has 0 atom stereocenters. The fourth-order valence-electron chi connectivity index (χ4n) is 1.86. The van der Waals surface area contributed by atoms with E-state index in [-0.39, 0.29) is 12.4 Å². The standard InChI is InChI=1S/C13H12N2O6/c1-7-9(8(2)21-14-7)6-20-11-5-3-4-10(15(18)19)12(11)13(16)17/h3-5H,6H2,1-2H3,(H,16,17). The Kier molecular flexibility index (Phi) is 3.88. The number of nitro groups is 1. The lowest BCUT2D eigenvalue weighted by atomic mass is 10.1. The number of carbonyl (C=O) groups is 1. The zero-order valence-corrected chi connectivity index (χ0v) is 11.3. The van der Waals surface area contributed by atoms with Gasteiger partial charge < -0.3 is 14.4 Å². The zero-order chi connectivity index (χ0) is 15.6. The Morgan fingerprint density at radius 1 is 1.48 bits per heavy atom. The molecular formula is C13H12N2O6. The van der Waals surface area contributed by atoms with Gasteiger partial charge in [0.05, 0.1) is 16.2 Å². The first-order chi connectivity index (χ1) is 9.91. The SMILES string of the molecule is Cc1noc(C)c1COc1cccc([N+](=O)[O-])c1C(=O)O. The number of aromatic nitrogens is 1. The molecule has 2 aromatic rings. The van der Waals surface area contributed by atoms with E-state index in [0.29, 0.717) is 17.0 Å². The fraction of sp³-hybridized carbons (Fsp3) is 0.231. The van der Waals surface area contributed by atoms with Crippen molar-refractivity contribution < 1.29 is 24.1 Å². The Hall–Kier alpha value is -2.90. The number of nitrogens with zero attached hydrogens (tertiary/aromatic N) is 2. The summed E-state index contributed by atoms with van der Waals surface area (Å²) >= 11 is 0. The average molecular weight is 292 g/mol. The molecule has 0 saturated carbocycles. The number of hydrogen-bond donors (Lipinski definition) is 1. The van der Waals surface area contributed by atoms with E-state index in [4.69, 9.17) is 14.4 Å². The van der Waals surface area contributed by atoms with Gasteiger partial charge in [-0.15, -0.1) is 0 Å². The molecule has 0 aliphatic carbocycles. The molecule has 0 unspecified atom stereocenters. The number of ether oxygens (including phenoxy) is 1. The van der Waals surface area contributed by atoms with Crippen molar-refractivity contribution in [3.63, 3.8) is 0 Å². The molecule has 1 aromatic heterocycles. The minimum absolute atomic E-state index is 0.0165. The van der Waals surface area contributed by atoms with Gasteiger partial charge in [-0.05, 0) is 19.9 Å². The number of benzene rings is 1. The smallest absolute Gasteiger partial charge is 0.346 e. The molecule has 21 heavy (non-hydrogen) atoms. The second-order valence-electron chi connectivity index (χ2n) is 4.30. The molecule has 1 aromatic carbocycles. The molecule has 0 aliphatic heterocycles. The maximum atomic E-state index is 11.2. The number of aromatic carboxylic acids is 1. The molecule has 2 rings (SSSR count). The van der Waals surface area contributed by atoms with E-state index in [1.54, 1.807) is 13.8 Å². The molecule has 1 N–H and O–H groups in total. The fourth-order valence-corrected chi connectivity index (χ4v) is 1.86. The minimum Gasteiger partial charge on any atom is -0.488 e. The second-order valence-corrected chi connectivity index (χ2v) is 4.30. The number of carboxylic acids is 1. The summed E-state index contributed by atoms with van der Waals surface area (Å²) in [4.78, 5) is 21.4. The Balaban J connectivity index is 2.34. The van der Waals surface area contributed by atoms with Crippen LogP contribution in [0.15, 0.2) is 22.7 Å². The summed E-state index contributed by atoms with van der Waals surface area (Å²) in [5.74, 6) is -0.942. The third-order valence-corrected chi connectivity index (χ3v) is 2.97. The summed E-state index contributed by atoms with van der Waals surface area (Å²) in [6, 6.07) is 3.86. The van der Waals surface area contributed by atoms with Gasteiger partial charge in [0.1, 0.15) is 18.1 Å². The highest BCUT2D eigenvalue weighted by molar-refractivity contribution is 5.95. The van der Waals surface area contributed by atoms with E-state index < -0.39 is 22.1 Å². The number of hydrogen-bond acceptors (Lipinski definition) is 6. The van der Waals surface area contributed by atoms with Crippen molar-refractivity contribution in [2.45, 2.75) is 20.5 Å². The Bertz CT molecular complexity index is 687. The number of nitro benzene ring substituents is 1. The number of aryl methyl sites for hydroxylation is 2. The molecule has 0 fully saturated rings. The van der Waals surface area contributed by atoms with E-state index in [2.05, 4.69) is 5.16 Å². The van der Waals surface area contributed by atoms with Crippen LogP contribution in [0.1, 0.15) is 27.4 Å². The number of rotatable bonds is 5. The average Bonchev–Trinajstić information content (AvgIpc) is 2.75. The molecule has 0 spiro atoms. The van der Waals surface area contributed by atoms with Gasteiger partial charge in [0.25, 0.3) is 5.69 Å². The zero-order valence-electron chi connectivity index (χ0n) is 11.3. The number of carboxylic acid groups (broad SMARTS) is 1. The van der Waals surface area contributed by atoms with Gasteiger partial charge in [-0.1, -0.05) is 11.2 Å². The quantitative estimate of drug-likeness (QED) is 0.664. The first kappa shape index (κ1) is 14.5. The summed E-state index contributed by atoms with van der Waals surface area (Å²) in [6.45, 7) is 3.44. The van der Waals surface area contributed by atoms with Gasteiger partial charge in [-0.2, -0.15) is 0 Å². The highest BCUT2D eigenvalue weighted by Crippen LogP contribution is 2.29. The van der Waals surface area contributed by atoms with Crippen molar-refractivity contribution in [2.75, 3.05) is 0 Å². The third-order valence-electron chi connectivity index (χ3n) is 2.97. The van der Waals surface area contributed by atoms with Crippen molar-refractivity contribution in [3.8, 4) is 5.75 Å². The van der Waals surface area contributed by atoms with E-state index in [9.17, 15) is 14.9 Å². The van der Waals surface area contributed by atoms with Gasteiger partial charge in [-0.3, -0.25) is 10.1 Å². The van der Waals surface area contributed by atoms with Gasteiger partial charge >= 0.3 is 5.97 Å². The van der Waals surface area contributed by atoms with Gasteiger partial charge in [0.15, 0.2) is 5.56 Å². The molecule has 1 heterocycles. The molecule has 110 valence electrons. The molecule has 0 aliphatic rings. The summed E-state index contributed by atoms with van der Waals surface area (Å²) in [6.07, 6.45) is 0. The molecule has 0 radical (unpaired) electrons. The predicted molar refractivity (Wildman–Crippen MR) is 70.4 cm³/mol. The highest BCUT2D eigenvalue weighted by atomic mass is 16.6. The van der Waals surface area contributed by atoms with Crippen LogP contribution >= 0.6 is 0 Å². The molecule has 0 amide bonds. The van der Waals surface area contributed by atoms with Crippen LogP contribution in [0.25, 0.3) is 0 Å². The molecule has 0 bridgehead atoms. The van der Waals surface area contributed by atoms with Crippen molar-refractivity contribution in [3.05, 3.63) is 50.9 Å². The summed E-state index contributed by atoms with van der Waals surface area (Å²) in [5.41, 5.74) is 0.306. The van der Waals surface area contributed by atoms with Crippen LogP contribution < -0.4 is 4.74 Å². The van der Waals surface area contributed by atoms with Crippen molar-refractivity contribution in [1.82, 2.24) is 5.16 Å². The van der Waals surface area contributed by atoms with Crippen molar-refractivity contribution >= 4 is 11.7 Å². The van der Waals surface area contributed by atoms with Gasteiger partial charge in [0.2, 0.25) is 0 Å². The minimum atomic E-state index is -1.42. The van der Waals surface area contributed by atoms with Gasteiger partial charge in [0, 0.05) is 6.07 Å². The summed E-state index contributed by atoms with van der Waals surface area (Å²) in [5, 5.41) is 23.8. The van der Waals surface area contributed by atoms with Gasteiger partial charge in [-0.25, -0.2) is 4.79 Å². The lowest BCUT2D eigenvalue weighted by Gasteiger charge is -2.09. The van der Waals surface area contributed by atoms with Crippen LogP contribution in [0.5, 0.6) is 5.75 Å². The maximum absolute atomic E-state index is 11.2. The first-order valence-corrected chi connectivity index (χ1v) is 5.97. The lowest BCUT2D eigenvalue weighted by Crippen LogP contribution is -2.07. The van der Waals surface area contributed by atoms with E-state index >= 15 is 0 Å². The van der Waals surface area contributed by atoms with E-state index in [0.717, 1.165) is 6.07 Å². The second kappa shape index (κ2) is 5.61. The Morgan fingerprint density at radius 2 is 2.19 bits per heavy atom. The Morgan fingerprint density at radius 3 is 2.71 bits per heavy atom. The summed E-state index contributed by atoms with van der Waals surface area (Å²) < 4.78 is 10.4. The van der Waals surface area contributed by atoms with Crippen molar-refractivity contribution in [1.29, 1.82) is 0 Å². The normalized spacial score (nSPS) is 10.4. The topological polar surface area (TPSA) is 116 Å². The molecule has 8 heteroatoms. The van der Waals surface area contributed by atoms with Crippen LogP contribution in [-0.2, 0) is 6.61 Å². The monoisotopic (exact) mass is 292 g/mol. The van der Waals surface area contributed by atoms with E-state index in [1.165, 1.54) is 12.1 Å². The van der Waals surface area contributed by atoms with Crippen molar-refractivity contribution in [2.24, 2.45) is 0 Å². The molecule has 0 saturated heterocycles. The lowest BCUT2D eigenvalue weighted by molar-refractivity contribution is -0.385. The highest BCUT2D eigenvalue weighted by Gasteiger charge is 2.25. The Labute approximate surface area is 119 Å².